The first-order valence-corrected chi connectivity index (χ1v) is 7.45. The maximum atomic E-state index is 12.2. The zero-order valence-electron chi connectivity index (χ0n) is 13.8. The number of carbonyl (C=O) groups is 1. The summed E-state index contributed by atoms with van der Waals surface area (Å²) in [4.78, 5) is 12.2. The predicted molar refractivity (Wildman–Crippen MR) is 91.9 cm³/mol. The van der Waals surface area contributed by atoms with Crippen LogP contribution >= 0.6 is 12.4 Å². The highest BCUT2D eigenvalue weighted by atomic mass is 35.5. The molecule has 0 radical (unpaired) electrons. The van der Waals surface area contributed by atoms with Crippen molar-refractivity contribution in [2.45, 2.75) is 31.7 Å². The minimum Gasteiger partial charge on any atom is -0.493 e. The van der Waals surface area contributed by atoms with Gasteiger partial charge >= 0.3 is 0 Å². The van der Waals surface area contributed by atoms with E-state index in [2.05, 4.69) is 5.32 Å². The van der Waals surface area contributed by atoms with Crippen LogP contribution in [0, 0.1) is 5.92 Å². The highest BCUT2D eigenvalue weighted by Gasteiger charge is 2.26. The molecule has 1 saturated carbocycles. The molecule has 0 aliphatic heterocycles. The molecule has 2 atom stereocenters. The standard InChI is InChI=1S/C16H24N2O4.ClH/c1-20-13-8-7-12(15(21-2)16(13)22-3)18-14(19)9-10-5-4-6-11(10)17;/h7-8,10-11H,4-6,9,17H2,1-3H3,(H,18,19);1H/t10-,11+;/m0./s1. The zero-order valence-corrected chi connectivity index (χ0v) is 14.6. The average Bonchev–Trinajstić information content (AvgIpc) is 2.91. The number of benzene rings is 1. The predicted octanol–water partition coefficient (Wildman–Crippen LogP) is 2.59. The first-order valence-electron chi connectivity index (χ1n) is 7.45. The Balaban J connectivity index is 0.00000264. The monoisotopic (exact) mass is 344 g/mol. The molecule has 3 N–H and O–H groups in total. The van der Waals surface area contributed by atoms with Crippen molar-refractivity contribution in [2.24, 2.45) is 11.7 Å². The van der Waals surface area contributed by atoms with E-state index in [0.717, 1.165) is 19.3 Å². The maximum absolute atomic E-state index is 12.2. The summed E-state index contributed by atoms with van der Waals surface area (Å²) in [5.41, 5.74) is 6.59. The number of carbonyl (C=O) groups excluding carboxylic acids is 1. The van der Waals surface area contributed by atoms with Gasteiger partial charge in [-0.15, -0.1) is 12.4 Å². The van der Waals surface area contributed by atoms with Crippen LogP contribution in [0.3, 0.4) is 0 Å². The quantitative estimate of drug-likeness (QED) is 0.828. The van der Waals surface area contributed by atoms with E-state index in [0.29, 0.717) is 29.4 Å². The fourth-order valence-electron chi connectivity index (χ4n) is 2.96. The van der Waals surface area contributed by atoms with Gasteiger partial charge in [-0.25, -0.2) is 0 Å². The Labute approximate surface area is 143 Å². The van der Waals surface area contributed by atoms with Gasteiger partial charge in [0.2, 0.25) is 11.7 Å². The third-order valence-corrected chi connectivity index (χ3v) is 4.14. The Morgan fingerprint density at radius 3 is 2.39 bits per heavy atom. The van der Waals surface area contributed by atoms with Crippen LogP contribution in [-0.4, -0.2) is 33.3 Å². The van der Waals surface area contributed by atoms with E-state index >= 15 is 0 Å². The number of nitrogens with one attached hydrogen (secondary N) is 1. The number of methoxy groups -OCH3 is 3. The lowest BCUT2D eigenvalue weighted by Crippen LogP contribution is -2.28. The van der Waals surface area contributed by atoms with Crippen molar-refractivity contribution >= 4 is 24.0 Å². The van der Waals surface area contributed by atoms with Crippen molar-refractivity contribution in [2.75, 3.05) is 26.6 Å². The molecule has 1 fully saturated rings. The third-order valence-electron chi connectivity index (χ3n) is 4.14. The number of ether oxygens (including phenoxy) is 3. The van der Waals surface area contributed by atoms with Gasteiger partial charge in [0.15, 0.2) is 11.5 Å². The van der Waals surface area contributed by atoms with Crippen LogP contribution in [0.1, 0.15) is 25.7 Å². The smallest absolute Gasteiger partial charge is 0.224 e. The molecule has 0 spiro atoms. The molecule has 1 aliphatic carbocycles. The SMILES string of the molecule is COc1ccc(NC(=O)C[C@@H]2CCC[C@H]2N)c(OC)c1OC.Cl. The van der Waals surface area contributed by atoms with E-state index in [1.54, 1.807) is 19.2 Å². The molecule has 1 aromatic rings. The topological polar surface area (TPSA) is 82.8 Å². The molecule has 1 amide bonds. The minimum absolute atomic E-state index is 0. The van der Waals surface area contributed by atoms with E-state index in [4.69, 9.17) is 19.9 Å². The summed E-state index contributed by atoms with van der Waals surface area (Å²) in [6, 6.07) is 3.60. The maximum Gasteiger partial charge on any atom is 0.224 e. The summed E-state index contributed by atoms with van der Waals surface area (Å²) in [5, 5.41) is 2.88. The van der Waals surface area contributed by atoms with Crippen LogP contribution in [0.2, 0.25) is 0 Å². The van der Waals surface area contributed by atoms with Crippen LogP contribution in [0.15, 0.2) is 12.1 Å². The molecule has 0 aromatic heterocycles. The molecule has 130 valence electrons. The Morgan fingerprint density at radius 1 is 1.17 bits per heavy atom. The summed E-state index contributed by atoms with van der Waals surface area (Å²) in [7, 11) is 4.61. The second kappa shape index (κ2) is 8.84. The molecule has 0 bridgehead atoms. The Morgan fingerprint density at radius 2 is 1.87 bits per heavy atom. The van der Waals surface area contributed by atoms with E-state index in [-0.39, 0.29) is 30.3 Å². The number of halogens is 1. The lowest BCUT2D eigenvalue weighted by Gasteiger charge is -2.18. The number of rotatable bonds is 6. The van der Waals surface area contributed by atoms with Crippen molar-refractivity contribution in [3.8, 4) is 17.2 Å². The molecule has 6 nitrogen and oxygen atoms in total. The van der Waals surface area contributed by atoms with Gasteiger partial charge in [-0.05, 0) is 30.9 Å². The lowest BCUT2D eigenvalue weighted by atomic mass is 10.00. The van der Waals surface area contributed by atoms with Crippen molar-refractivity contribution < 1.29 is 19.0 Å². The van der Waals surface area contributed by atoms with Crippen LogP contribution < -0.4 is 25.3 Å². The van der Waals surface area contributed by atoms with Gasteiger partial charge in [-0.3, -0.25) is 4.79 Å². The van der Waals surface area contributed by atoms with E-state index < -0.39 is 0 Å². The fraction of sp³-hybridized carbons (Fsp3) is 0.562. The first kappa shape index (κ1) is 19.4. The van der Waals surface area contributed by atoms with Crippen molar-refractivity contribution in [3.05, 3.63) is 12.1 Å². The molecule has 2 rings (SSSR count). The second-order valence-electron chi connectivity index (χ2n) is 5.49. The molecule has 0 saturated heterocycles. The summed E-state index contributed by atoms with van der Waals surface area (Å²) in [5.74, 6) is 1.65. The molecule has 7 heteroatoms. The Bertz CT molecular complexity index is 539. The number of hydrogen-bond acceptors (Lipinski definition) is 5. The van der Waals surface area contributed by atoms with Gasteiger partial charge in [-0.1, -0.05) is 6.42 Å². The Kier molecular flexibility index (Phi) is 7.45. The van der Waals surface area contributed by atoms with Gasteiger partial charge in [0.05, 0.1) is 27.0 Å². The zero-order chi connectivity index (χ0) is 16.1. The first-order chi connectivity index (χ1) is 10.6. The fourth-order valence-corrected chi connectivity index (χ4v) is 2.96. The highest BCUT2D eigenvalue weighted by molar-refractivity contribution is 5.93. The molecular formula is C16H25ClN2O4. The van der Waals surface area contributed by atoms with E-state index in [1.807, 2.05) is 0 Å². The molecular weight excluding hydrogens is 320 g/mol. The van der Waals surface area contributed by atoms with Gasteiger partial charge in [0.1, 0.15) is 0 Å². The number of amides is 1. The number of hydrogen-bond donors (Lipinski definition) is 2. The van der Waals surface area contributed by atoms with Crippen molar-refractivity contribution in [3.63, 3.8) is 0 Å². The van der Waals surface area contributed by atoms with Crippen molar-refractivity contribution in [1.82, 2.24) is 0 Å². The summed E-state index contributed by atoms with van der Waals surface area (Å²) >= 11 is 0. The van der Waals surface area contributed by atoms with Gasteiger partial charge < -0.3 is 25.3 Å². The molecule has 0 unspecified atom stereocenters. The number of anilines is 1. The van der Waals surface area contributed by atoms with Crippen molar-refractivity contribution in [1.29, 1.82) is 0 Å². The molecule has 23 heavy (non-hydrogen) atoms. The summed E-state index contributed by atoms with van der Waals surface area (Å²) < 4.78 is 15.9. The van der Waals surface area contributed by atoms with Gasteiger partial charge in [0, 0.05) is 12.5 Å². The molecule has 1 aromatic carbocycles. The minimum atomic E-state index is -0.0622. The van der Waals surface area contributed by atoms with E-state index in [9.17, 15) is 4.79 Å². The average molecular weight is 345 g/mol. The second-order valence-corrected chi connectivity index (χ2v) is 5.49. The highest BCUT2D eigenvalue weighted by Crippen LogP contribution is 2.42. The number of nitrogens with two attached hydrogens (primary N) is 1. The van der Waals surface area contributed by atoms with Gasteiger partial charge in [-0.2, -0.15) is 0 Å². The third kappa shape index (κ3) is 4.42. The van der Waals surface area contributed by atoms with Crippen LogP contribution in [0.5, 0.6) is 17.2 Å². The molecule has 0 heterocycles. The van der Waals surface area contributed by atoms with Gasteiger partial charge in [0.25, 0.3) is 0 Å². The largest absolute Gasteiger partial charge is 0.493 e. The van der Waals surface area contributed by atoms with Crippen LogP contribution in [0.25, 0.3) is 0 Å². The van der Waals surface area contributed by atoms with Crippen LogP contribution in [0.4, 0.5) is 5.69 Å². The van der Waals surface area contributed by atoms with Crippen LogP contribution in [-0.2, 0) is 4.79 Å². The van der Waals surface area contributed by atoms with E-state index in [1.165, 1.54) is 14.2 Å². The summed E-state index contributed by atoms with van der Waals surface area (Å²) in [6.45, 7) is 0. The molecule has 1 aliphatic rings. The lowest BCUT2D eigenvalue weighted by molar-refractivity contribution is -0.117. The Hall–Kier alpha value is -1.66. The normalized spacial score (nSPS) is 19.7. The summed E-state index contributed by atoms with van der Waals surface area (Å²) in [6.07, 6.45) is 3.53.